The Morgan fingerprint density at radius 1 is 0.727 bits per heavy atom. The largest absolute Gasteiger partial charge is 0.432 e. The summed E-state index contributed by atoms with van der Waals surface area (Å²) in [5.74, 6) is -2.05. The smallest absolute Gasteiger partial charge is 0.311 e. The molecule has 8 aliphatic rings. The molecule has 0 amide bonds. The van der Waals surface area contributed by atoms with Crippen molar-refractivity contribution in [2.24, 2.45) is 56.7 Å². The van der Waals surface area contributed by atoms with E-state index in [0.29, 0.717) is 32.1 Å². The van der Waals surface area contributed by atoms with Gasteiger partial charge in [0.1, 0.15) is 54.9 Å². The van der Waals surface area contributed by atoms with Crippen LogP contribution in [0.2, 0.25) is 0 Å². The van der Waals surface area contributed by atoms with Crippen LogP contribution in [0.3, 0.4) is 0 Å². The molecule has 4 saturated carbocycles. The van der Waals surface area contributed by atoms with Gasteiger partial charge in [-0.1, -0.05) is 53.2 Å². The van der Waals surface area contributed by atoms with Crippen LogP contribution in [0.15, 0.2) is 11.6 Å². The average Bonchev–Trinajstić information content (AvgIpc) is 3.25. The van der Waals surface area contributed by atoms with Crippen LogP contribution >= 0.6 is 0 Å². The van der Waals surface area contributed by atoms with Gasteiger partial charge in [-0.3, -0.25) is 4.79 Å². The number of fused-ring (bicyclic) bond motifs is 7. The van der Waals surface area contributed by atoms with Crippen molar-refractivity contribution in [1.29, 1.82) is 0 Å². The molecular weight excluding hydrogens is 868 g/mol. The molecule has 66 heavy (non-hydrogen) atoms. The first-order chi connectivity index (χ1) is 30.8. The van der Waals surface area contributed by atoms with Crippen molar-refractivity contribution >= 4 is 5.97 Å². The molecule has 5 aliphatic carbocycles. The number of aliphatic hydroxyl groups excluding tert-OH is 12. The first-order valence-corrected chi connectivity index (χ1v) is 24.0. The van der Waals surface area contributed by atoms with Gasteiger partial charge in [-0.2, -0.15) is 0 Å². The van der Waals surface area contributed by atoms with E-state index in [-0.39, 0.29) is 36.2 Å². The minimum Gasteiger partial charge on any atom is -0.432 e. The second-order valence-corrected chi connectivity index (χ2v) is 23.1. The lowest BCUT2D eigenvalue weighted by Crippen LogP contribution is -2.72. The number of carbonyl (C=O) groups excluding carboxylic acids is 1. The van der Waals surface area contributed by atoms with Gasteiger partial charge in [0.2, 0.25) is 6.29 Å². The molecule has 8 rings (SSSR count). The first kappa shape index (κ1) is 50.9. The highest BCUT2D eigenvalue weighted by Gasteiger charge is 2.72. The maximum Gasteiger partial charge on any atom is 0.311 e. The van der Waals surface area contributed by atoms with Gasteiger partial charge < -0.3 is 89.7 Å². The van der Waals surface area contributed by atoms with Crippen molar-refractivity contribution in [2.45, 2.75) is 198 Å². The normalized spacial score (nSPS) is 55.9. The molecule has 0 aromatic heterocycles. The van der Waals surface area contributed by atoms with Crippen molar-refractivity contribution in [3.8, 4) is 0 Å². The standard InChI is InChI=1S/C47H76O19/c1-19-29(53)32(56)34(58)40(62-19)64-36-30(54)26(52)17-61-42(36)66-39(60)22-13-43(2,3)12-21-20(22)10-11-46(6)23(21)8-9-28-44(4)14-25(51)38(45(5,18-49)37(44)24(50)15-47(28,46)7)65-41-35(59)33(57)31(55)27(16-48)63-41/h8,19-22,24-38,40-42,48-59H,9-18H2,1-7H3. The molecule has 19 heteroatoms. The van der Waals surface area contributed by atoms with Crippen molar-refractivity contribution in [1.82, 2.24) is 0 Å². The first-order valence-electron chi connectivity index (χ1n) is 24.0. The summed E-state index contributed by atoms with van der Waals surface area (Å²) >= 11 is 0. The van der Waals surface area contributed by atoms with E-state index in [1.54, 1.807) is 6.92 Å². The molecule has 7 fully saturated rings. The molecule has 3 aliphatic heterocycles. The molecule has 3 saturated heterocycles. The zero-order valence-electron chi connectivity index (χ0n) is 39.1. The van der Waals surface area contributed by atoms with Crippen LogP contribution < -0.4 is 0 Å². The van der Waals surface area contributed by atoms with Crippen molar-refractivity contribution in [3.63, 3.8) is 0 Å². The summed E-state index contributed by atoms with van der Waals surface area (Å²) in [7, 11) is 0. The van der Waals surface area contributed by atoms with Crippen LogP contribution in [0.25, 0.3) is 0 Å². The number of allylic oxidation sites excluding steroid dienone is 2. The van der Waals surface area contributed by atoms with E-state index in [2.05, 4.69) is 40.7 Å². The molecular formula is C47H76O19. The summed E-state index contributed by atoms with van der Waals surface area (Å²) in [6.45, 7) is 12.5. The predicted octanol–water partition coefficient (Wildman–Crippen LogP) is -1.42. The van der Waals surface area contributed by atoms with Gasteiger partial charge in [0, 0.05) is 11.3 Å². The van der Waals surface area contributed by atoms with Crippen LogP contribution in [0, 0.1) is 56.7 Å². The second-order valence-electron chi connectivity index (χ2n) is 23.1. The maximum absolute atomic E-state index is 14.6. The van der Waals surface area contributed by atoms with Gasteiger partial charge in [0.25, 0.3) is 0 Å². The highest BCUT2D eigenvalue weighted by atomic mass is 16.8. The van der Waals surface area contributed by atoms with Gasteiger partial charge >= 0.3 is 5.97 Å². The lowest BCUT2D eigenvalue weighted by atomic mass is 9.33. The fraction of sp³-hybridized carbons (Fsp3) is 0.936. The minimum atomic E-state index is -1.73. The third kappa shape index (κ3) is 7.95. The fourth-order valence-corrected chi connectivity index (χ4v) is 15.2. The molecule has 12 N–H and O–H groups in total. The Bertz CT molecular complexity index is 1800. The fourth-order valence-electron chi connectivity index (χ4n) is 15.2. The summed E-state index contributed by atoms with van der Waals surface area (Å²) in [5, 5.41) is 130. The summed E-state index contributed by atoms with van der Waals surface area (Å²) in [4.78, 5) is 14.6. The van der Waals surface area contributed by atoms with Gasteiger partial charge in [-0.05, 0) is 91.3 Å². The van der Waals surface area contributed by atoms with E-state index in [9.17, 15) is 66.1 Å². The Morgan fingerprint density at radius 3 is 2.03 bits per heavy atom. The molecule has 26 atom stereocenters. The summed E-state index contributed by atoms with van der Waals surface area (Å²) in [6.07, 6.45) is -18.5. The van der Waals surface area contributed by atoms with Crippen LogP contribution in [-0.2, 0) is 33.2 Å². The number of rotatable bonds is 8. The van der Waals surface area contributed by atoms with Crippen molar-refractivity contribution in [2.75, 3.05) is 19.8 Å². The molecule has 378 valence electrons. The van der Waals surface area contributed by atoms with Gasteiger partial charge in [-0.25, -0.2) is 0 Å². The van der Waals surface area contributed by atoms with Crippen molar-refractivity contribution < 1.29 is 94.5 Å². The molecule has 0 spiro atoms. The minimum absolute atomic E-state index is 0.0478. The van der Waals surface area contributed by atoms with E-state index in [1.165, 1.54) is 12.5 Å². The molecule has 0 aromatic rings. The van der Waals surface area contributed by atoms with Crippen LogP contribution in [0.5, 0.6) is 0 Å². The molecule has 26 unspecified atom stereocenters. The van der Waals surface area contributed by atoms with Crippen LogP contribution in [0.1, 0.15) is 93.4 Å². The van der Waals surface area contributed by atoms with E-state index < -0.39 is 157 Å². The molecule has 0 radical (unpaired) electrons. The number of esters is 1. The van der Waals surface area contributed by atoms with Gasteiger partial charge in [-0.15, -0.1) is 0 Å². The van der Waals surface area contributed by atoms with E-state index >= 15 is 0 Å². The number of hydrogen-bond donors (Lipinski definition) is 12. The quantitative estimate of drug-likeness (QED) is 0.0755. The third-order valence-corrected chi connectivity index (χ3v) is 18.6. The summed E-state index contributed by atoms with van der Waals surface area (Å²) < 4.78 is 35.2. The summed E-state index contributed by atoms with van der Waals surface area (Å²) in [6, 6.07) is 0. The molecule has 0 bridgehead atoms. The Labute approximate surface area is 385 Å². The Hall–Kier alpha value is -1.47. The number of hydrogen-bond acceptors (Lipinski definition) is 19. The lowest BCUT2D eigenvalue weighted by molar-refractivity contribution is -0.350. The number of aliphatic hydroxyl groups is 12. The molecule has 0 aromatic carbocycles. The van der Waals surface area contributed by atoms with Gasteiger partial charge in [0.05, 0.1) is 50.2 Å². The van der Waals surface area contributed by atoms with Gasteiger partial charge in [0.15, 0.2) is 18.7 Å². The Kier molecular flexibility index (Phi) is 13.9. The zero-order chi connectivity index (χ0) is 48.4. The van der Waals surface area contributed by atoms with E-state index in [1.807, 2.05) is 0 Å². The molecule has 19 nitrogen and oxygen atoms in total. The summed E-state index contributed by atoms with van der Waals surface area (Å²) in [5.41, 5.74) is -2.11. The second kappa shape index (κ2) is 18.0. The SMILES string of the molecule is CC1OC(OC2C(OC(=O)C3CC(C)(C)CC4C5=CCC6C7(C)CC(O)C(OC8OC(CO)C(O)C(O)C8O)C(C)(CO)C7C(O)CC6(C)C5(C)CCC34)OCC(O)C2O)C(O)C(O)C1O. The highest BCUT2D eigenvalue weighted by Crippen LogP contribution is 2.75. The van der Waals surface area contributed by atoms with Crippen LogP contribution in [-0.4, -0.2) is 191 Å². The Morgan fingerprint density at radius 2 is 1.38 bits per heavy atom. The Balaban J connectivity index is 1.04. The number of carbonyl (C=O) groups is 1. The predicted molar refractivity (Wildman–Crippen MR) is 227 cm³/mol. The monoisotopic (exact) mass is 944 g/mol. The third-order valence-electron chi connectivity index (χ3n) is 18.6. The highest BCUT2D eigenvalue weighted by molar-refractivity contribution is 5.73. The van der Waals surface area contributed by atoms with Crippen LogP contribution in [0.4, 0.5) is 0 Å². The van der Waals surface area contributed by atoms with E-state index in [4.69, 9.17) is 28.4 Å². The number of ether oxygens (including phenoxy) is 6. The lowest BCUT2D eigenvalue weighted by Gasteiger charge is -2.72. The van der Waals surface area contributed by atoms with E-state index in [0.717, 1.165) is 6.42 Å². The van der Waals surface area contributed by atoms with Crippen molar-refractivity contribution in [3.05, 3.63) is 11.6 Å². The zero-order valence-corrected chi connectivity index (χ0v) is 39.1. The molecule has 3 heterocycles. The maximum atomic E-state index is 14.6. The topological polar surface area (TPSA) is 315 Å². The average molecular weight is 945 g/mol.